The maximum atomic E-state index is 12.7. The van der Waals surface area contributed by atoms with Crippen molar-refractivity contribution in [1.29, 1.82) is 0 Å². The summed E-state index contributed by atoms with van der Waals surface area (Å²) in [5.74, 6) is 0.579. The normalized spacial score (nSPS) is 33.1. The molecule has 4 rings (SSSR count). The number of aliphatic hydroxyl groups excluding tert-OH is 1. The summed E-state index contributed by atoms with van der Waals surface area (Å²) in [5, 5.41) is 10.8. The standard InChI is InChI=1S/C17H20ClNO3/c18-12-2-3-13-11(7-12)9-22-15(13)8-16(21)19-6-5-10-1-4-14(20)17(10)19/h2-3,7,10,14-15,17,20H,1,4-6,8-9H2/t10-,14+,15?,17+/m0/s1. The Morgan fingerprint density at radius 3 is 3.09 bits per heavy atom. The summed E-state index contributed by atoms with van der Waals surface area (Å²) in [6, 6.07) is 5.74. The Bertz CT molecular complexity index is 606. The van der Waals surface area contributed by atoms with Gasteiger partial charge in [-0.05, 0) is 48.4 Å². The number of halogens is 1. The Morgan fingerprint density at radius 1 is 1.36 bits per heavy atom. The molecule has 4 nitrogen and oxygen atoms in total. The molecule has 1 aliphatic carbocycles. The largest absolute Gasteiger partial charge is 0.391 e. The van der Waals surface area contributed by atoms with Gasteiger partial charge in [0, 0.05) is 11.6 Å². The van der Waals surface area contributed by atoms with E-state index in [9.17, 15) is 9.90 Å². The summed E-state index contributed by atoms with van der Waals surface area (Å²) >= 11 is 6.00. The molecule has 118 valence electrons. The minimum Gasteiger partial charge on any atom is -0.391 e. The zero-order valence-electron chi connectivity index (χ0n) is 12.4. The molecule has 1 saturated heterocycles. The Morgan fingerprint density at radius 2 is 2.23 bits per heavy atom. The summed E-state index contributed by atoms with van der Waals surface area (Å²) in [6.07, 6.45) is 2.69. The highest BCUT2D eigenvalue weighted by Crippen LogP contribution is 2.40. The smallest absolute Gasteiger partial charge is 0.225 e. The van der Waals surface area contributed by atoms with Crippen LogP contribution in [0.5, 0.6) is 0 Å². The third kappa shape index (κ3) is 2.34. The average Bonchev–Trinajstić information content (AvgIpc) is 3.16. The molecule has 1 amide bonds. The van der Waals surface area contributed by atoms with E-state index in [2.05, 4.69) is 0 Å². The van der Waals surface area contributed by atoms with Crippen LogP contribution in [0.1, 0.15) is 42.9 Å². The number of fused-ring (bicyclic) bond motifs is 2. The molecule has 5 heteroatoms. The van der Waals surface area contributed by atoms with Crippen molar-refractivity contribution < 1.29 is 14.6 Å². The van der Waals surface area contributed by atoms with Crippen LogP contribution in [-0.2, 0) is 16.1 Å². The lowest BCUT2D eigenvalue weighted by Crippen LogP contribution is -2.42. The molecular weight excluding hydrogens is 302 g/mol. The second kappa shape index (κ2) is 5.52. The minimum atomic E-state index is -0.355. The number of aliphatic hydroxyl groups is 1. The van der Waals surface area contributed by atoms with E-state index in [-0.39, 0.29) is 24.2 Å². The lowest BCUT2D eigenvalue weighted by molar-refractivity contribution is -0.137. The number of ether oxygens (including phenoxy) is 1. The topological polar surface area (TPSA) is 49.8 Å². The molecule has 4 atom stereocenters. The minimum absolute atomic E-state index is 0.0265. The first kappa shape index (κ1) is 14.5. The van der Waals surface area contributed by atoms with Crippen LogP contribution < -0.4 is 0 Å². The van der Waals surface area contributed by atoms with Gasteiger partial charge in [0.1, 0.15) is 0 Å². The fourth-order valence-electron chi connectivity index (χ4n) is 4.30. The number of hydrogen-bond acceptors (Lipinski definition) is 3. The van der Waals surface area contributed by atoms with Crippen molar-refractivity contribution >= 4 is 17.5 Å². The first-order chi connectivity index (χ1) is 10.6. The molecule has 1 aromatic rings. The van der Waals surface area contributed by atoms with Crippen LogP contribution in [0.2, 0.25) is 5.02 Å². The highest BCUT2D eigenvalue weighted by molar-refractivity contribution is 6.30. The number of nitrogens with zero attached hydrogens (tertiary/aromatic N) is 1. The van der Waals surface area contributed by atoms with Gasteiger partial charge in [-0.3, -0.25) is 4.79 Å². The monoisotopic (exact) mass is 321 g/mol. The summed E-state index contributed by atoms with van der Waals surface area (Å²) in [5.41, 5.74) is 2.14. The Labute approximate surface area is 135 Å². The number of carbonyl (C=O) groups excluding carboxylic acids is 1. The maximum Gasteiger partial charge on any atom is 0.225 e. The summed E-state index contributed by atoms with van der Waals surface area (Å²) in [6.45, 7) is 1.29. The van der Waals surface area contributed by atoms with Gasteiger partial charge in [-0.25, -0.2) is 0 Å². The molecule has 2 fully saturated rings. The van der Waals surface area contributed by atoms with Crippen LogP contribution in [0.25, 0.3) is 0 Å². The number of hydrogen-bond donors (Lipinski definition) is 1. The second-order valence-electron chi connectivity index (χ2n) is 6.62. The van der Waals surface area contributed by atoms with Crippen LogP contribution in [0.15, 0.2) is 18.2 Å². The van der Waals surface area contributed by atoms with Crippen LogP contribution >= 0.6 is 11.6 Å². The number of benzene rings is 1. The number of amides is 1. The van der Waals surface area contributed by atoms with Crippen molar-refractivity contribution in [2.45, 2.75) is 50.5 Å². The lowest BCUT2D eigenvalue weighted by atomic mass is 10.0. The van der Waals surface area contributed by atoms with E-state index < -0.39 is 0 Å². The Balaban J connectivity index is 1.48. The van der Waals surface area contributed by atoms with Crippen molar-refractivity contribution in [3.63, 3.8) is 0 Å². The summed E-state index contributed by atoms with van der Waals surface area (Å²) in [4.78, 5) is 14.6. The lowest BCUT2D eigenvalue weighted by Gasteiger charge is -2.27. The molecular formula is C17H20ClNO3. The van der Waals surface area contributed by atoms with Gasteiger partial charge in [-0.2, -0.15) is 0 Å². The first-order valence-corrected chi connectivity index (χ1v) is 8.39. The van der Waals surface area contributed by atoms with Gasteiger partial charge in [-0.1, -0.05) is 17.7 Å². The molecule has 2 heterocycles. The van der Waals surface area contributed by atoms with Crippen LogP contribution in [0.3, 0.4) is 0 Å². The van der Waals surface area contributed by atoms with E-state index >= 15 is 0 Å². The second-order valence-corrected chi connectivity index (χ2v) is 7.05. The van der Waals surface area contributed by atoms with Crippen molar-refractivity contribution in [2.24, 2.45) is 5.92 Å². The van der Waals surface area contributed by atoms with Gasteiger partial charge >= 0.3 is 0 Å². The van der Waals surface area contributed by atoms with E-state index in [4.69, 9.17) is 16.3 Å². The molecule has 1 unspecified atom stereocenters. The van der Waals surface area contributed by atoms with Gasteiger partial charge < -0.3 is 14.7 Å². The first-order valence-electron chi connectivity index (χ1n) is 8.01. The predicted molar refractivity (Wildman–Crippen MR) is 82.4 cm³/mol. The van der Waals surface area contributed by atoms with E-state index in [1.807, 2.05) is 23.1 Å². The predicted octanol–water partition coefficient (Wildman–Crippen LogP) is 2.67. The van der Waals surface area contributed by atoms with Gasteiger partial charge in [0.2, 0.25) is 5.91 Å². The highest BCUT2D eigenvalue weighted by atomic mass is 35.5. The third-order valence-corrected chi connectivity index (χ3v) is 5.62. The fourth-order valence-corrected chi connectivity index (χ4v) is 4.50. The molecule has 0 aromatic heterocycles. The summed E-state index contributed by atoms with van der Waals surface area (Å²) in [7, 11) is 0. The maximum absolute atomic E-state index is 12.7. The quantitative estimate of drug-likeness (QED) is 0.911. The Kier molecular flexibility index (Phi) is 3.63. The van der Waals surface area contributed by atoms with E-state index in [1.54, 1.807) is 0 Å². The van der Waals surface area contributed by atoms with Crippen LogP contribution in [0, 0.1) is 5.92 Å². The van der Waals surface area contributed by atoms with Crippen molar-refractivity contribution in [1.82, 2.24) is 4.90 Å². The van der Waals surface area contributed by atoms with Crippen LogP contribution in [-0.4, -0.2) is 34.6 Å². The molecule has 0 bridgehead atoms. The molecule has 1 N–H and O–H groups in total. The molecule has 0 spiro atoms. The van der Waals surface area contributed by atoms with Crippen molar-refractivity contribution in [3.05, 3.63) is 34.3 Å². The molecule has 1 aromatic carbocycles. The fraction of sp³-hybridized carbons (Fsp3) is 0.588. The number of likely N-dealkylation sites (tertiary alicyclic amines) is 1. The molecule has 1 saturated carbocycles. The molecule has 22 heavy (non-hydrogen) atoms. The molecule has 0 radical (unpaired) electrons. The zero-order valence-corrected chi connectivity index (χ0v) is 13.1. The highest BCUT2D eigenvalue weighted by Gasteiger charge is 2.45. The number of rotatable bonds is 2. The van der Waals surface area contributed by atoms with Crippen molar-refractivity contribution in [2.75, 3.05) is 6.54 Å². The third-order valence-electron chi connectivity index (χ3n) is 5.38. The summed E-state index contributed by atoms with van der Waals surface area (Å²) < 4.78 is 5.78. The van der Waals surface area contributed by atoms with E-state index in [0.717, 1.165) is 36.9 Å². The SMILES string of the molecule is O=C(CC1OCc2cc(Cl)ccc21)N1CC[C@@H]2CC[C@@H](O)[C@@H]21. The average molecular weight is 322 g/mol. The van der Waals surface area contributed by atoms with E-state index in [1.165, 1.54) is 0 Å². The van der Waals surface area contributed by atoms with Gasteiger partial charge in [0.25, 0.3) is 0 Å². The van der Waals surface area contributed by atoms with Gasteiger partial charge in [-0.15, -0.1) is 0 Å². The number of carbonyl (C=O) groups is 1. The van der Waals surface area contributed by atoms with Gasteiger partial charge in [0.15, 0.2) is 0 Å². The van der Waals surface area contributed by atoms with Gasteiger partial charge in [0.05, 0.1) is 31.3 Å². The molecule has 3 aliphatic rings. The molecule has 2 aliphatic heterocycles. The zero-order chi connectivity index (χ0) is 15.3. The van der Waals surface area contributed by atoms with E-state index in [0.29, 0.717) is 24.0 Å². The van der Waals surface area contributed by atoms with Crippen LogP contribution in [0.4, 0.5) is 0 Å². The van der Waals surface area contributed by atoms with Crippen molar-refractivity contribution in [3.8, 4) is 0 Å². The Hall–Kier alpha value is -1.10.